The van der Waals surface area contributed by atoms with Crippen molar-refractivity contribution >= 4 is 32.8 Å². The Morgan fingerprint density at radius 1 is 1.09 bits per heavy atom. The van der Waals surface area contributed by atoms with Gasteiger partial charge in [0.05, 0.1) is 23.8 Å². The topological polar surface area (TPSA) is 81.7 Å². The number of carbonyl (C=O) groups excluding carboxylic acids is 1. The first-order valence-electron chi connectivity index (χ1n) is 10.3. The van der Waals surface area contributed by atoms with Crippen LogP contribution in [0.15, 0.2) is 57.6 Å². The molecular weight excluding hydrogens is 446 g/mol. The van der Waals surface area contributed by atoms with Crippen LogP contribution in [0, 0.1) is 6.92 Å². The molecule has 1 atom stereocenters. The van der Waals surface area contributed by atoms with Gasteiger partial charge in [-0.2, -0.15) is 0 Å². The summed E-state index contributed by atoms with van der Waals surface area (Å²) in [5.74, 6) is 0.711. The number of ether oxygens (including phenoxy) is 2. The number of aryl methyl sites for hydroxylation is 1. The quantitative estimate of drug-likeness (QED) is 0.537. The number of methoxy groups -OCH3 is 1. The van der Waals surface area contributed by atoms with Crippen molar-refractivity contribution in [2.45, 2.75) is 49.0 Å². The number of amides is 1. The van der Waals surface area contributed by atoms with Crippen molar-refractivity contribution in [3.63, 3.8) is 0 Å². The molecule has 168 valence electrons. The van der Waals surface area contributed by atoms with E-state index in [2.05, 4.69) is 5.32 Å². The van der Waals surface area contributed by atoms with Crippen LogP contribution in [0.25, 0.3) is 0 Å². The van der Waals surface area contributed by atoms with E-state index in [-0.39, 0.29) is 34.1 Å². The Morgan fingerprint density at radius 2 is 1.81 bits per heavy atom. The van der Waals surface area contributed by atoms with Crippen LogP contribution in [0.3, 0.4) is 0 Å². The Labute approximate surface area is 192 Å². The number of hydrogen-bond donors (Lipinski definition) is 1. The third kappa shape index (κ3) is 4.12. The van der Waals surface area contributed by atoms with Gasteiger partial charge in [0.1, 0.15) is 4.90 Å². The van der Waals surface area contributed by atoms with Crippen LogP contribution in [-0.4, -0.2) is 27.5 Å². The molecule has 0 saturated carbocycles. The minimum Gasteiger partial charge on any atom is -0.493 e. The molecule has 8 heteroatoms. The van der Waals surface area contributed by atoms with Gasteiger partial charge in [0, 0.05) is 22.6 Å². The largest absolute Gasteiger partial charge is 0.493 e. The molecule has 1 aromatic heterocycles. The Bertz CT molecular complexity index is 1260. The first kappa shape index (κ1) is 22.4. The zero-order valence-corrected chi connectivity index (χ0v) is 20.0. The smallest absolute Gasteiger partial charge is 0.225 e. The maximum Gasteiger partial charge on any atom is 0.225 e. The van der Waals surface area contributed by atoms with Crippen molar-refractivity contribution in [2.75, 3.05) is 12.4 Å². The lowest BCUT2D eigenvalue weighted by molar-refractivity contribution is -0.116. The standard InChI is InChI=1S/C24H25NO5S2/c1-14(2)30-20-11-16(7-10-19(20)29-4)18-12-22(26)25-23-21(13-31-24(18)23)32(27,28)17-8-5-15(3)6-9-17/h5-11,13-14,18H,12H2,1-4H3,(H,25,26). The molecule has 1 unspecified atom stereocenters. The molecule has 2 aromatic carbocycles. The Hall–Kier alpha value is -2.84. The molecule has 2 heterocycles. The van der Waals surface area contributed by atoms with E-state index in [0.29, 0.717) is 17.2 Å². The van der Waals surface area contributed by atoms with E-state index >= 15 is 0 Å². The predicted molar refractivity (Wildman–Crippen MR) is 125 cm³/mol. The molecule has 1 amide bonds. The number of rotatable bonds is 6. The molecule has 0 radical (unpaired) electrons. The third-order valence-electron chi connectivity index (χ3n) is 5.33. The van der Waals surface area contributed by atoms with Gasteiger partial charge in [-0.25, -0.2) is 8.42 Å². The van der Waals surface area contributed by atoms with Gasteiger partial charge < -0.3 is 14.8 Å². The van der Waals surface area contributed by atoms with Crippen LogP contribution >= 0.6 is 11.3 Å². The van der Waals surface area contributed by atoms with E-state index in [1.165, 1.54) is 11.3 Å². The van der Waals surface area contributed by atoms with E-state index in [0.717, 1.165) is 16.0 Å². The highest BCUT2D eigenvalue weighted by molar-refractivity contribution is 7.91. The van der Waals surface area contributed by atoms with Crippen LogP contribution in [0.4, 0.5) is 5.69 Å². The molecule has 1 N–H and O–H groups in total. The highest BCUT2D eigenvalue weighted by Crippen LogP contribution is 2.47. The second kappa shape index (κ2) is 8.60. The summed E-state index contributed by atoms with van der Waals surface area (Å²) >= 11 is 1.35. The third-order valence-corrected chi connectivity index (χ3v) is 8.37. The Kier molecular flexibility index (Phi) is 6.01. The molecule has 4 rings (SSSR count). The van der Waals surface area contributed by atoms with Crippen LogP contribution in [0.5, 0.6) is 11.5 Å². The predicted octanol–water partition coefficient (Wildman–Crippen LogP) is 5.16. The summed E-state index contributed by atoms with van der Waals surface area (Å²) in [6, 6.07) is 12.3. The van der Waals surface area contributed by atoms with Crippen molar-refractivity contribution in [1.29, 1.82) is 0 Å². The summed E-state index contributed by atoms with van der Waals surface area (Å²) in [7, 11) is -2.19. The summed E-state index contributed by atoms with van der Waals surface area (Å²) in [6.07, 6.45) is 0.183. The summed E-state index contributed by atoms with van der Waals surface area (Å²) in [5.41, 5.74) is 2.22. The highest BCUT2D eigenvalue weighted by atomic mass is 32.2. The number of nitrogens with one attached hydrogen (secondary N) is 1. The first-order chi connectivity index (χ1) is 15.2. The van der Waals surface area contributed by atoms with Gasteiger partial charge in [0.15, 0.2) is 11.5 Å². The van der Waals surface area contributed by atoms with Crippen molar-refractivity contribution in [3.8, 4) is 11.5 Å². The van der Waals surface area contributed by atoms with Gasteiger partial charge >= 0.3 is 0 Å². The second-order valence-corrected chi connectivity index (χ2v) is 10.9. The molecule has 0 spiro atoms. The van der Waals surface area contributed by atoms with Crippen molar-refractivity contribution in [2.24, 2.45) is 0 Å². The van der Waals surface area contributed by atoms with Crippen LogP contribution < -0.4 is 14.8 Å². The second-order valence-electron chi connectivity index (χ2n) is 8.04. The van der Waals surface area contributed by atoms with E-state index in [1.54, 1.807) is 36.8 Å². The SMILES string of the molecule is COc1ccc(C2CC(=O)Nc3c(S(=O)(=O)c4ccc(C)cc4)csc32)cc1OC(C)C. The maximum absolute atomic E-state index is 13.3. The molecule has 0 saturated heterocycles. The number of fused-ring (bicyclic) bond motifs is 1. The van der Waals surface area contributed by atoms with E-state index in [4.69, 9.17) is 9.47 Å². The van der Waals surface area contributed by atoms with Gasteiger partial charge in [-0.05, 0) is 50.6 Å². The molecule has 0 fully saturated rings. The fourth-order valence-corrected chi connectivity index (χ4v) is 6.68. The highest BCUT2D eigenvalue weighted by Gasteiger charge is 2.34. The number of benzene rings is 2. The lowest BCUT2D eigenvalue weighted by Gasteiger charge is -2.25. The van der Waals surface area contributed by atoms with Gasteiger partial charge in [-0.1, -0.05) is 23.8 Å². The molecule has 1 aliphatic rings. The summed E-state index contributed by atoms with van der Waals surface area (Å²) in [6.45, 7) is 5.76. The molecule has 1 aliphatic heterocycles. The molecule has 32 heavy (non-hydrogen) atoms. The summed E-state index contributed by atoms with van der Waals surface area (Å²) < 4.78 is 37.9. The van der Waals surface area contributed by atoms with Gasteiger partial charge in [0.25, 0.3) is 0 Å². The normalized spacial score (nSPS) is 15.9. The zero-order chi connectivity index (χ0) is 23.0. The van der Waals surface area contributed by atoms with Crippen molar-refractivity contribution in [3.05, 3.63) is 63.8 Å². The average Bonchev–Trinajstić information content (AvgIpc) is 3.17. The average molecular weight is 472 g/mol. The van der Waals surface area contributed by atoms with E-state index in [1.807, 2.05) is 39.0 Å². The number of carbonyl (C=O) groups is 1. The van der Waals surface area contributed by atoms with Crippen LogP contribution in [0.2, 0.25) is 0 Å². The number of anilines is 1. The molecule has 0 aliphatic carbocycles. The summed E-state index contributed by atoms with van der Waals surface area (Å²) in [5, 5.41) is 4.42. The van der Waals surface area contributed by atoms with Crippen LogP contribution in [-0.2, 0) is 14.6 Å². The molecule has 6 nitrogen and oxygen atoms in total. The molecular formula is C24H25NO5S2. The van der Waals surface area contributed by atoms with Crippen LogP contribution in [0.1, 0.15) is 42.2 Å². The first-order valence-corrected chi connectivity index (χ1v) is 12.6. The number of thiophene rings is 1. The maximum atomic E-state index is 13.3. The zero-order valence-electron chi connectivity index (χ0n) is 18.3. The molecule has 0 bridgehead atoms. The molecule has 3 aromatic rings. The van der Waals surface area contributed by atoms with Gasteiger partial charge in [-0.3, -0.25) is 4.79 Å². The minimum absolute atomic E-state index is 0.0441. The van der Waals surface area contributed by atoms with Gasteiger partial charge in [0.2, 0.25) is 15.7 Å². The van der Waals surface area contributed by atoms with Crippen molar-refractivity contribution < 1.29 is 22.7 Å². The lowest BCUT2D eigenvalue weighted by atomic mass is 9.90. The Morgan fingerprint density at radius 3 is 2.47 bits per heavy atom. The monoisotopic (exact) mass is 471 g/mol. The number of hydrogen-bond acceptors (Lipinski definition) is 6. The lowest BCUT2D eigenvalue weighted by Crippen LogP contribution is -2.23. The number of sulfone groups is 1. The van der Waals surface area contributed by atoms with E-state index in [9.17, 15) is 13.2 Å². The Balaban J connectivity index is 1.78. The van der Waals surface area contributed by atoms with Crippen molar-refractivity contribution in [1.82, 2.24) is 0 Å². The van der Waals surface area contributed by atoms with Gasteiger partial charge in [-0.15, -0.1) is 11.3 Å². The fraction of sp³-hybridized carbons (Fsp3) is 0.292. The minimum atomic E-state index is -3.77. The fourth-order valence-electron chi connectivity index (χ4n) is 3.77. The summed E-state index contributed by atoms with van der Waals surface area (Å²) in [4.78, 5) is 13.7. The van der Waals surface area contributed by atoms with E-state index < -0.39 is 9.84 Å².